The fourth-order valence-electron chi connectivity index (χ4n) is 1.92. The molecule has 0 saturated heterocycles. The Hall–Kier alpha value is -2.60. The van der Waals surface area contributed by atoms with Crippen LogP contribution in [0.1, 0.15) is 0 Å². The van der Waals surface area contributed by atoms with Gasteiger partial charge in [0.25, 0.3) is 0 Å². The third kappa shape index (κ3) is 3.01. The monoisotopic (exact) mass is 317 g/mol. The summed E-state index contributed by atoms with van der Waals surface area (Å²) < 4.78 is 25.1. The van der Waals surface area contributed by atoms with E-state index in [-0.39, 0.29) is 21.2 Å². The third-order valence-corrected chi connectivity index (χ3v) is 4.88. The van der Waals surface area contributed by atoms with Gasteiger partial charge >= 0.3 is 0 Å². The summed E-state index contributed by atoms with van der Waals surface area (Å²) in [5.41, 5.74) is 0.263. The molecule has 2 aromatic carbocycles. The number of likely N-dealkylation sites (N-methyl/N-ethyl adjacent to an activating group) is 1. The summed E-state index contributed by atoms with van der Waals surface area (Å²) in [5.74, 6) is -0.649. The Morgan fingerprint density at radius 2 is 1.77 bits per heavy atom. The van der Waals surface area contributed by atoms with Crippen molar-refractivity contribution in [1.82, 2.24) is 0 Å². The molecule has 0 spiro atoms. The number of rotatable bonds is 4. The van der Waals surface area contributed by atoms with E-state index >= 15 is 0 Å². The molecule has 1 N–H and O–H groups in total. The Balaban J connectivity index is 2.56. The fourth-order valence-corrected chi connectivity index (χ4v) is 3.26. The highest BCUT2D eigenvalue weighted by Crippen LogP contribution is 2.29. The number of carbonyl (C=O) groups is 1. The zero-order valence-corrected chi connectivity index (χ0v) is 12.7. The van der Waals surface area contributed by atoms with E-state index in [0.717, 1.165) is 12.1 Å². The summed E-state index contributed by atoms with van der Waals surface area (Å²) in [6.07, 6.45) is 1.11. The number of anilines is 1. The van der Waals surface area contributed by atoms with E-state index in [1.165, 1.54) is 36.2 Å². The number of amides is 1. The molecule has 0 aliphatic heterocycles. The van der Waals surface area contributed by atoms with E-state index < -0.39 is 15.7 Å². The second-order valence-electron chi connectivity index (χ2n) is 4.60. The summed E-state index contributed by atoms with van der Waals surface area (Å²) in [6, 6.07) is 11.7. The van der Waals surface area contributed by atoms with Crippen LogP contribution in [0.2, 0.25) is 0 Å². The summed E-state index contributed by atoms with van der Waals surface area (Å²) in [4.78, 5) is 12.9. The van der Waals surface area contributed by atoms with Gasteiger partial charge < -0.3 is 10.0 Å². The van der Waals surface area contributed by atoms with Crippen LogP contribution < -0.4 is 4.90 Å². The number of hydrogen-bond donors (Lipinski definition) is 1. The summed E-state index contributed by atoms with van der Waals surface area (Å²) in [7, 11) is -2.30. The van der Waals surface area contributed by atoms with Gasteiger partial charge in [0.1, 0.15) is 5.75 Å². The van der Waals surface area contributed by atoms with Crippen molar-refractivity contribution in [2.24, 2.45) is 0 Å². The van der Waals surface area contributed by atoms with Crippen LogP contribution in [0.15, 0.2) is 71.0 Å². The quantitative estimate of drug-likeness (QED) is 0.879. The Kier molecular flexibility index (Phi) is 4.32. The molecule has 0 aliphatic rings. The molecule has 5 nitrogen and oxygen atoms in total. The number of aromatic hydroxyl groups is 1. The topological polar surface area (TPSA) is 74.7 Å². The Bertz CT molecular complexity index is 813. The first-order valence-electron chi connectivity index (χ1n) is 6.40. The molecule has 0 radical (unpaired) electrons. The van der Waals surface area contributed by atoms with Crippen molar-refractivity contribution in [1.29, 1.82) is 0 Å². The lowest BCUT2D eigenvalue weighted by Gasteiger charge is -2.17. The molecule has 0 heterocycles. The van der Waals surface area contributed by atoms with Gasteiger partial charge in [-0.05, 0) is 30.3 Å². The first kappa shape index (κ1) is 15.8. The predicted molar refractivity (Wildman–Crippen MR) is 83.6 cm³/mol. The zero-order chi connectivity index (χ0) is 16.3. The van der Waals surface area contributed by atoms with Gasteiger partial charge in [-0.15, -0.1) is 0 Å². The number of sulfone groups is 1. The molecule has 1 amide bonds. The number of phenols is 1. The zero-order valence-electron chi connectivity index (χ0n) is 11.9. The molecule has 2 aromatic rings. The lowest BCUT2D eigenvalue weighted by atomic mass is 10.2. The van der Waals surface area contributed by atoms with Gasteiger partial charge in [-0.1, -0.05) is 24.8 Å². The predicted octanol–water partition coefficient (Wildman–Crippen LogP) is 2.37. The molecule has 0 saturated carbocycles. The Labute approximate surface area is 129 Å². The Morgan fingerprint density at radius 3 is 2.36 bits per heavy atom. The molecule has 6 heteroatoms. The first-order valence-corrected chi connectivity index (χ1v) is 7.89. The van der Waals surface area contributed by atoms with Crippen LogP contribution in [0.3, 0.4) is 0 Å². The molecule has 2 rings (SSSR count). The van der Waals surface area contributed by atoms with E-state index in [4.69, 9.17) is 0 Å². The number of phenolic OH excluding ortho intramolecular Hbond substituents is 1. The van der Waals surface area contributed by atoms with Crippen molar-refractivity contribution in [3.63, 3.8) is 0 Å². The van der Waals surface area contributed by atoms with Gasteiger partial charge in [0.15, 0.2) is 0 Å². The maximum absolute atomic E-state index is 12.6. The minimum Gasteiger partial charge on any atom is -0.508 e. The number of benzene rings is 2. The van der Waals surface area contributed by atoms with Gasteiger partial charge in [0.2, 0.25) is 15.7 Å². The average Bonchev–Trinajstić information content (AvgIpc) is 2.53. The molecule has 0 unspecified atom stereocenters. The SMILES string of the molecule is C=CC(=O)N(C)c1cc(O)cc(S(=O)(=O)c2ccccc2)c1. The van der Waals surface area contributed by atoms with Crippen LogP contribution in [0.4, 0.5) is 5.69 Å². The van der Waals surface area contributed by atoms with Crippen LogP contribution in [0.5, 0.6) is 5.75 Å². The van der Waals surface area contributed by atoms with Crippen LogP contribution >= 0.6 is 0 Å². The maximum Gasteiger partial charge on any atom is 0.250 e. The standard InChI is InChI=1S/C16H15NO4S/c1-3-16(19)17(2)12-9-13(18)11-15(10-12)22(20,21)14-7-5-4-6-8-14/h3-11,18H,1H2,2H3. The van der Waals surface area contributed by atoms with E-state index in [2.05, 4.69) is 6.58 Å². The van der Waals surface area contributed by atoms with Gasteiger partial charge in [-0.3, -0.25) is 4.79 Å². The molecule has 22 heavy (non-hydrogen) atoms. The highest BCUT2D eigenvalue weighted by Gasteiger charge is 2.20. The minimum atomic E-state index is -3.77. The van der Waals surface area contributed by atoms with Crippen molar-refractivity contribution >= 4 is 21.4 Å². The van der Waals surface area contributed by atoms with Crippen molar-refractivity contribution in [3.8, 4) is 5.75 Å². The second-order valence-corrected chi connectivity index (χ2v) is 6.55. The Morgan fingerprint density at radius 1 is 1.14 bits per heavy atom. The molecule has 114 valence electrons. The smallest absolute Gasteiger partial charge is 0.250 e. The van der Waals surface area contributed by atoms with Crippen molar-refractivity contribution < 1.29 is 18.3 Å². The van der Waals surface area contributed by atoms with Crippen molar-refractivity contribution in [2.45, 2.75) is 9.79 Å². The summed E-state index contributed by atoms with van der Waals surface area (Å²) in [6.45, 7) is 3.38. The van der Waals surface area contributed by atoms with Gasteiger partial charge in [-0.2, -0.15) is 0 Å². The minimum absolute atomic E-state index is 0.0857. The third-order valence-electron chi connectivity index (χ3n) is 3.13. The van der Waals surface area contributed by atoms with Crippen molar-refractivity contribution in [2.75, 3.05) is 11.9 Å². The van der Waals surface area contributed by atoms with E-state index in [9.17, 15) is 18.3 Å². The second kappa shape index (κ2) is 6.03. The van der Waals surface area contributed by atoms with Crippen LogP contribution in [0.25, 0.3) is 0 Å². The molecule has 0 bridgehead atoms. The number of carbonyl (C=O) groups excluding carboxylic acids is 1. The first-order chi connectivity index (χ1) is 10.4. The van der Waals surface area contributed by atoms with Crippen LogP contribution in [-0.4, -0.2) is 26.5 Å². The molecular weight excluding hydrogens is 302 g/mol. The molecule has 0 atom stereocenters. The van der Waals surface area contributed by atoms with E-state index in [0.29, 0.717) is 0 Å². The highest BCUT2D eigenvalue weighted by molar-refractivity contribution is 7.91. The van der Waals surface area contributed by atoms with Crippen LogP contribution in [0, 0.1) is 0 Å². The lowest BCUT2D eigenvalue weighted by Crippen LogP contribution is -2.23. The summed E-state index contributed by atoms with van der Waals surface area (Å²) >= 11 is 0. The lowest BCUT2D eigenvalue weighted by molar-refractivity contribution is -0.113. The fraction of sp³-hybridized carbons (Fsp3) is 0.0625. The maximum atomic E-state index is 12.6. The normalized spacial score (nSPS) is 11.0. The largest absolute Gasteiger partial charge is 0.508 e. The van der Waals surface area contributed by atoms with Crippen molar-refractivity contribution in [3.05, 3.63) is 61.2 Å². The van der Waals surface area contributed by atoms with Crippen LogP contribution in [-0.2, 0) is 14.6 Å². The van der Waals surface area contributed by atoms with Gasteiger partial charge in [0, 0.05) is 18.8 Å². The molecular formula is C16H15NO4S. The van der Waals surface area contributed by atoms with Gasteiger partial charge in [0.05, 0.1) is 9.79 Å². The number of hydrogen-bond acceptors (Lipinski definition) is 4. The van der Waals surface area contributed by atoms with E-state index in [1.807, 2.05) is 0 Å². The van der Waals surface area contributed by atoms with Gasteiger partial charge in [-0.25, -0.2) is 8.42 Å². The molecule has 0 aliphatic carbocycles. The number of nitrogens with zero attached hydrogens (tertiary/aromatic N) is 1. The molecule has 0 aromatic heterocycles. The van der Waals surface area contributed by atoms with E-state index in [1.54, 1.807) is 18.2 Å². The summed E-state index contributed by atoms with van der Waals surface area (Å²) in [5, 5.41) is 9.78. The molecule has 0 fully saturated rings. The average molecular weight is 317 g/mol. The highest BCUT2D eigenvalue weighted by atomic mass is 32.2.